The lowest BCUT2D eigenvalue weighted by molar-refractivity contribution is -0.0535. The minimum atomic E-state index is -0.166. The molecule has 3 heterocycles. The maximum atomic E-state index is 13.4. The monoisotopic (exact) mass is 356 g/mol. The molecule has 2 fully saturated rings. The quantitative estimate of drug-likeness (QED) is 0.892. The average Bonchev–Trinajstić information content (AvgIpc) is 3.03. The van der Waals surface area contributed by atoms with Gasteiger partial charge in [0, 0.05) is 37.9 Å². The summed E-state index contributed by atoms with van der Waals surface area (Å²) in [7, 11) is 0. The van der Waals surface area contributed by atoms with Gasteiger partial charge >= 0.3 is 0 Å². The fourth-order valence-corrected chi connectivity index (χ4v) is 4.20. The highest BCUT2D eigenvalue weighted by molar-refractivity contribution is 5.22. The van der Waals surface area contributed by atoms with Gasteiger partial charge in [0.05, 0.1) is 12.2 Å². The zero-order valence-electron chi connectivity index (χ0n) is 14.9. The lowest BCUT2D eigenvalue weighted by Gasteiger charge is -2.40. The van der Waals surface area contributed by atoms with Crippen LogP contribution >= 0.6 is 0 Å². The van der Waals surface area contributed by atoms with Crippen LogP contribution in [0.4, 0.5) is 10.3 Å². The van der Waals surface area contributed by atoms with E-state index in [9.17, 15) is 4.39 Å². The number of rotatable bonds is 5. The van der Waals surface area contributed by atoms with E-state index in [1.807, 2.05) is 12.1 Å². The van der Waals surface area contributed by atoms with Crippen LogP contribution in [-0.2, 0) is 11.3 Å². The molecule has 1 aromatic heterocycles. The second-order valence-electron chi connectivity index (χ2n) is 7.46. The van der Waals surface area contributed by atoms with Gasteiger partial charge in [-0.3, -0.25) is 4.90 Å². The molecule has 1 aromatic carbocycles. The molecule has 138 valence electrons. The lowest BCUT2D eigenvalue weighted by atomic mass is 9.86. The molecule has 0 radical (unpaired) electrons. The summed E-state index contributed by atoms with van der Waals surface area (Å²) in [6, 6.07) is 8.71. The third kappa shape index (κ3) is 4.19. The molecule has 0 saturated carbocycles. The van der Waals surface area contributed by atoms with Crippen molar-refractivity contribution in [3.8, 4) is 0 Å². The van der Waals surface area contributed by atoms with Gasteiger partial charge in [0.15, 0.2) is 0 Å². The molecule has 2 aliphatic heterocycles. The molecule has 26 heavy (non-hydrogen) atoms. The molecule has 2 atom stereocenters. The molecular weight excluding hydrogens is 331 g/mol. The first kappa shape index (κ1) is 17.4. The van der Waals surface area contributed by atoms with Gasteiger partial charge in [0.25, 0.3) is 0 Å². The fraction of sp³-hybridized carbons (Fsp3) is 0.500. The number of nitrogens with one attached hydrogen (secondary N) is 1. The first-order chi connectivity index (χ1) is 12.7. The van der Waals surface area contributed by atoms with Crippen LogP contribution in [-0.4, -0.2) is 46.7 Å². The highest BCUT2D eigenvalue weighted by Crippen LogP contribution is 2.37. The highest BCUT2D eigenvalue weighted by Gasteiger charge is 2.43. The largest absolute Gasteiger partial charge is 0.373 e. The summed E-state index contributed by atoms with van der Waals surface area (Å²) in [4.78, 5) is 10.8. The van der Waals surface area contributed by atoms with Crippen LogP contribution < -0.4 is 5.32 Å². The maximum absolute atomic E-state index is 13.4. The standard InChI is InChI=1S/C20H25FN4O/c21-18-5-1-4-16(10-18)13-25-9-2-6-20(15-25)11-17(14-26-20)12-24-19-22-7-3-8-23-19/h1,3-5,7-8,10,17H,2,6,9,11-15H2,(H,22,23,24)/t17-,20-/m0/s1. The van der Waals surface area contributed by atoms with Gasteiger partial charge in [0.1, 0.15) is 5.82 Å². The third-order valence-electron chi connectivity index (χ3n) is 5.31. The topological polar surface area (TPSA) is 50.3 Å². The van der Waals surface area contributed by atoms with Gasteiger partial charge in [-0.1, -0.05) is 12.1 Å². The van der Waals surface area contributed by atoms with Crippen molar-refractivity contribution >= 4 is 5.95 Å². The number of piperidine rings is 1. The van der Waals surface area contributed by atoms with Crippen LogP contribution in [0.15, 0.2) is 42.7 Å². The van der Waals surface area contributed by atoms with Crippen molar-refractivity contribution < 1.29 is 9.13 Å². The molecule has 1 spiro atoms. The summed E-state index contributed by atoms with van der Waals surface area (Å²) in [5, 5.41) is 3.31. The Morgan fingerprint density at radius 1 is 1.27 bits per heavy atom. The van der Waals surface area contributed by atoms with Crippen molar-refractivity contribution in [3.05, 3.63) is 54.1 Å². The minimum Gasteiger partial charge on any atom is -0.373 e. The Labute approximate surface area is 153 Å². The van der Waals surface area contributed by atoms with E-state index >= 15 is 0 Å². The van der Waals surface area contributed by atoms with Crippen molar-refractivity contribution in [2.75, 3.05) is 31.6 Å². The summed E-state index contributed by atoms with van der Waals surface area (Å²) in [6.07, 6.45) is 6.76. The van der Waals surface area contributed by atoms with Crippen molar-refractivity contribution in [1.82, 2.24) is 14.9 Å². The Morgan fingerprint density at radius 3 is 3.00 bits per heavy atom. The molecule has 0 aliphatic carbocycles. The van der Waals surface area contributed by atoms with Gasteiger partial charge in [-0.05, 0) is 49.6 Å². The van der Waals surface area contributed by atoms with E-state index < -0.39 is 0 Å². The number of anilines is 1. The number of halogens is 1. The predicted octanol–water partition coefficient (Wildman–Crippen LogP) is 3.10. The van der Waals surface area contributed by atoms with E-state index in [0.717, 1.165) is 57.6 Å². The minimum absolute atomic E-state index is 0.0601. The van der Waals surface area contributed by atoms with E-state index in [2.05, 4.69) is 20.2 Å². The van der Waals surface area contributed by atoms with E-state index in [4.69, 9.17) is 4.74 Å². The Bertz CT molecular complexity index is 729. The van der Waals surface area contributed by atoms with E-state index in [-0.39, 0.29) is 11.4 Å². The van der Waals surface area contributed by atoms with E-state index in [1.54, 1.807) is 24.5 Å². The van der Waals surface area contributed by atoms with Crippen LogP contribution in [0.5, 0.6) is 0 Å². The second kappa shape index (κ2) is 7.68. The number of likely N-dealkylation sites (tertiary alicyclic amines) is 1. The van der Waals surface area contributed by atoms with Gasteiger partial charge < -0.3 is 10.1 Å². The number of aromatic nitrogens is 2. The smallest absolute Gasteiger partial charge is 0.222 e. The predicted molar refractivity (Wildman–Crippen MR) is 98.2 cm³/mol. The first-order valence-electron chi connectivity index (χ1n) is 9.32. The summed E-state index contributed by atoms with van der Waals surface area (Å²) >= 11 is 0. The highest BCUT2D eigenvalue weighted by atomic mass is 19.1. The number of ether oxygens (including phenoxy) is 1. The lowest BCUT2D eigenvalue weighted by Crippen LogP contribution is -2.47. The Morgan fingerprint density at radius 2 is 2.15 bits per heavy atom. The molecule has 6 heteroatoms. The van der Waals surface area contributed by atoms with Gasteiger partial charge in [-0.15, -0.1) is 0 Å². The van der Waals surface area contributed by atoms with Crippen LogP contribution in [0.1, 0.15) is 24.8 Å². The number of nitrogens with zero attached hydrogens (tertiary/aromatic N) is 3. The average molecular weight is 356 g/mol. The first-order valence-corrected chi connectivity index (χ1v) is 9.32. The maximum Gasteiger partial charge on any atom is 0.222 e. The number of benzene rings is 1. The van der Waals surface area contributed by atoms with E-state index in [0.29, 0.717) is 11.9 Å². The molecule has 2 aromatic rings. The summed E-state index contributed by atoms with van der Waals surface area (Å²) < 4.78 is 19.7. The summed E-state index contributed by atoms with van der Waals surface area (Å²) in [6.45, 7) is 4.34. The molecular formula is C20H25FN4O. The number of hydrogen-bond acceptors (Lipinski definition) is 5. The Kier molecular flexibility index (Phi) is 5.13. The zero-order valence-corrected chi connectivity index (χ0v) is 14.9. The second-order valence-corrected chi connectivity index (χ2v) is 7.46. The van der Waals surface area contributed by atoms with Crippen LogP contribution in [0.3, 0.4) is 0 Å². The van der Waals surface area contributed by atoms with Gasteiger partial charge in [-0.2, -0.15) is 0 Å². The van der Waals surface area contributed by atoms with Crippen LogP contribution in [0.25, 0.3) is 0 Å². The van der Waals surface area contributed by atoms with Gasteiger partial charge in [0.2, 0.25) is 5.95 Å². The van der Waals surface area contributed by atoms with Crippen molar-refractivity contribution in [1.29, 1.82) is 0 Å². The van der Waals surface area contributed by atoms with Gasteiger partial charge in [-0.25, -0.2) is 14.4 Å². The number of hydrogen-bond donors (Lipinski definition) is 1. The molecule has 0 unspecified atom stereocenters. The van der Waals surface area contributed by atoms with Crippen LogP contribution in [0.2, 0.25) is 0 Å². The zero-order chi connectivity index (χ0) is 17.8. The van der Waals surface area contributed by atoms with Crippen molar-refractivity contribution in [2.45, 2.75) is 31.4 Å². The molecule has 2 saturated heterocycles. The third-order valence-corrected chi connectivity index (χ3v) is 5.31. The molecule has 0 amide bonds. The molecule has 2 aliphatic rings. The molecule has 5 nitrogen and oxygen atoms in total. The Hall–Kier alpha value is -2.05. The normalized spacial score (nSPS) is 26.3. The molecule has 0 bridgehead atoms. The van der Waals surface area contributed by atoms with Crippen molar-refractivity contribution in [3.63, 3.8) is 0 Å². The van der Waals surface area contributed by atoms with Crippen LogP contribution in [0, 0.1) is 11.7 Å². The molecule has 4 rings (SSSR count). The van der Waals surface area contributed by atoms with Crippen molar-refractivity contribution in [2.24, 2.45) is 5.92 Å². The SMILES string of the molecule is Fc1cccc(CN2CCC[C@]3(C[C@@H](CNc4ncccn4)CO3)C2)c1. The summed E-state index contributed by atoms with van der Waals surface area (Å²) in [5.74, 6) is 0.971. The Balaban J connectivity index is 1.32. The summed E-state index contributed by atoms with van der Waals surface area (Å²) in [5.41, 5.74) is 0.967. The fourth-order valence-electron chi connectivity index (χ4n) is 4.20. The van der Waals surface area contributed by atoms with E-state index in [1.165, 1.54) is 6.07 Å². The molecule has 1 N–H and O–H groups in total.